The van der Waals surface area contributed by atoms with Crippen LogP contribution in [0, 0.1) is 10.1 Å². The Hall–Kier alpha value is -1.16. The van der Waals surface area contributed by atoms with Crippen molar-refractivity contribution in [2.75, 3.05) is 0 Å². The second-order valence-corrected chi connectivity index (χ2v) is 6.54. The summed E-state index contributed by atoms with van der Waals surface area (Å²) in [4.78, 5) is 10.6. The molecule has 2 aromatic carbocycles. The summed E-state index contributed by atoms with van der Waals surface area (Å²) in [6.45, 7) is 0. The Bertz CT molecular complexity index is 542. The van der Waals surface area contributed by atoms with Crippen LogP contribution < -0.4 is 8.92 Å². The fourth-order valence-electron chi connectivity index (χ4n) is 1.32. The second-order valence-electron chi connectivity index (χ2n) is 3.28. The summed E-state index contributed by atoms with van der Waals surface area (Å²) in [6.07, 6.45) is 0. The molecule has 0 aliphatic rings. The molecule has 0 saturated heterocycles. The number of rotatable bonds is 3. The van der Waals surface area contributed by atoms with Crippen molar-refractivity contribution in [1.82, 2.24) is 0 Å². The van der Waals surface area contributed by atoms with E-state index in [0.29, 0.717) is 0 Å². The van der Waals surface area contributed by atoms with Crippen molar-refractivity contribution in [1.29, 1.82) is 0 Å². The third-order valence-electron chi connectivity index (χ3n) is 2.10. The van der Waals surface area contributed by atoms with E-state index in [0.717, 1.165) is 13.4 Å². The maximum atomic E-state index is 10.9. The number of nitro benzene ring substituents is 1. The molecule has 3 nitrogen and oxygen atoms in total. The topological polar surface area (TPSA) is 43.1 Å². The van der Waals surface area contributed by atoms with Crippen LogP contribution in [0.15, 0.2) is 53.0 Å². The summed E-state index contributed by atoms with van der Waals surface area (Å²) in [5.74, 6) is 0. The van der Waals surface area contributed by atoms with Crippen molar-refractivity contribution in [3.05, 3.63) is 63.1 Å². The van der Waals surface area contributed by atoms with Crippen LogP contribution in [0.25, 0.3) is 0 Å². The number of benzene rings is 2. The van der Waals surface area contributed by atoms with E-state index >= 15 is 0 Å². The van der Waals surface area contributed by atoms with E-state index in [1.807, 2.05) is 36.4 Å². The zero-order chi connectivity index (χ0) is 12.3. The van der Waals surface area contributed by atoms with E-state index in [1.165, 1.54) is 0 Å². The number of nitrogens with zero attached hydrogens (tertiary/aromatic N) is 1. The first-order valence-corrected chi connectivity index (χ1v) is 7.34. The molecule has 0 N–H and O–H groups in total. The van der Waals surface area contributed by atoms with Crippen LogP contribution in [0.2, 0.25) is 0 Å². The summed E-state index contributed by atoms with van der Waals surface area (Å²) in [5.41, 5.74) is 0.204. The molecular weight excluding hydrogens is 349 g/mol. The molecule has 0 aliphatic carbocycles. The Balaban J connectivity index is 2.30. The molecule has 0 unspecified atom stereocenters. The van der Waals surface area contributed by atoms with Gasteiger partial charge in [0.15, 0.2) is 0 Å². The van der Waals surface area contributed by atoms with Crippen LogP contribution in [0.3, 0.4) is 0 Å². The Morgan fingerprint density at radius 3 is 2.35 bits per heavy atom. The molecule has 0 atom stereocenters. The maximum absolute atomic E-state index is 10.9. The average Bonchev–Trinajstić information content (AvgIpc) is 2.32. The second kappa shape index (κ2) is 5.45. The van der Waals surface area contributed by atoms with Crippen LogP contribution in [-0.2, 0) is 0 Å². The third-order valence-corrected chi connectivity index (χ3v) is 4.88. The predicted octanol–water partition coefficient (Wildman–Crippen LogP) is 2.01. The van der Waals surface area contributed by atoms with Crippen molar-refractivity contribution >= 4 is 45.5 Å². The quantitative estimate of drug-likeness (QED) is 0.479. The monoisotopic (exact) mass is 357 g/mol. The predicted molar refractivity (Wildman–Crippen MR) is 72.3 cm³/mol. The molecular formula is C12H8BrNO2Se. The number of para-hydroxylation sites is 1. The van der Waals surface area contributed by atoms with Gasteiger partial charge in [-0.3, -0.25) is 0 Å². The van der Waals surface area contributed by atoms with Gasteiger partial charge in [-0.2, -0.15) is 0 Å². The molecule has 0 amide bonds. The van der Waals surface area contributed by atoms with Crippen molar-refractivity contribution < 1.29 is 4.92 Å². The van der Waals surface area contributed by atoms with Gasteiger partial charge in [-0.15, -0.1) is 0 Å². The van der Waals surface area contributed by atoms with Crippen molar-refractivity contribution in [2.24, 2.45) is 0 Å². The summed E-state index contributed by atoms with van der Waals surface area (Å²) < 4.78 is 2.93. The molecule has 2 rings (SSSR count). The normalized spacial score (nSPS) is 10.2. The molecule has 0 aromatic heterocycles. The Labute approximate surface area is 113 Å². The molecule has 0 aliphatic heterocycles. The van der Waals surface area contributed by atoms with Crippen LogP contribution in [0.1, 0.15) is 0 Å². The molecule has 0 radical (unpaired) electrons. The first-order valence-electron chi connectivity index (χ1n) is 4.83. The van der Waals surface area contributed by atoms with E-state index in [-0.39, 0.29) is 25.6 Å². The van der Waals surface area contributed by atoms with Crippen molar-refractivity contribution in [2.45, 2.75) is 0 Å². The minimum absolute atomic E-state index is 0.0373. The Kier molecular flexibility index (Phi) is 3.94. The van der Waals surface area contributed by atoms with Gasteiger partial charge in [-0.25, -0.2) is 0 Å². The van der Waals surface area contributed by atoms with E-state index in [4.69, 9.17) is 0 Å². The number of hydrogen-bond donors (Lipinski definition) is 0. The van der Waals surface area contributed by atoms with Gasteiger partial charge in [-0.1, -0.05) is 0 Å². The molecule has 0 saturated carbocycles. The first kappa shape index (κ1) is 12.3. The van der Waals surface area contributed by atoms with Gasteiger partial charge < -0.3 is 0 Å². The molecule has 2 aromatic rings. The fraction of sp³-hybridized carbons (Fsp3) is 0. The van der Waals surface area contributed by atoms with Crippen LogP contribution in [0.4, 0.5) is 5.69 Å². The van der Waals surface area contributed by atoms with Gasteiger partial charge in [-0.05, 0) is 0 Å². The fourth-order valence-corrected chi connectivity index (χ4v) is 3.52. The minimum atomic E-state index is -0.323. The van der Waals surface area contributed by atoms with E-state index < -0.39 is 0 Å². The van der Waals surface area contributed by atoms with Crippen molar-refractivity contribution in [3.63, 3.8) is 0 Å². The molecule has 0 heterocycles. The molecule has 5 heteroatoms. The molecule has 86 valence electrons. The van der Waals surface area contributed by atoms with E-state index in [2.05, 4.69) is 15.9 Å². The SMILES string of the molecule is O=[N+]([O-])c1ccccc1[Se]c1ccc(Br)cc1. The standard InChI is InChI=1S/C12H8BrNO2Se/c13-9-5-7-10(8-6-9)17-12-4-2-1-3-11(12)14(15)16/h1-8H. The summed E-state index contributed by atoms with van der Waals surface area (Å²) in [7, 11) is 0. The summed E-state index contributed by atoms with van der Waals surface area (Å²) >= 11 is 3.33. The van der Waals surface area contributed by atoms with Crippen molar-refractivity contribution in [3.8, 4) is 0 Å². The number of nitro groups is 1. The average molecular weight is 357 g/mol. The van der Waals surface area contributed by atoms with E-state index in [9.17, 15) is 10.1 Å². The first-order chi connectivity index (χ1) is 8.16. The van der Waals surface area contributed by atoms with E-state index in [1.54, 1.807) is 12.1 Å². The molecule has 0 bridgehead atoms. The summed E-state index contributed by atoms with van der Waals surface area (Å²) in [6, 6.07) is 14.8. The number of hydrogen-bond acceptors (Lipinski definition) is 2. The molecule has 0 spiro atoms. The van der Waals surface area contributed by atoms with Gasteiger partial charge in [0.05, 0.1) is 0 Å². The van der Waals surface area contributed by atoms with Crippen LogP contribution in [-0.4, -0.2) is 19.9 Å². The molecule has 17 heavy (non-hydrogen) atoms. The zero-order valence-corrected chi connectivity index (χ0v) is 12.0. The molecule has 0 fully saturated rings. The van der Waals surface area contributed by atoms with Gasteiger partial charge >= 0.3 is 114 Å². The van der Waals surface area contributed by atoms with Gasteiger partial charge in [0, 0.05) is 0 Å². The Morgan fingerprint density at radius 1 is 1.06 bits per heavy atom. The van der Waals surface area contributed by atoms with Crippen LogP contribution >= 0.6 is 15.9 Å². The third kappa shape index (κ3) is 3.16. The number of halogens is 1. The van der Waals surface area contributed by atoms with Gasteiger partial charge in [0.1, 0.15) is 0 Å². The van der Waals surface area contributed by atoms with Gasteiger partial charge in [0.2, 0.25) is 0 Å². The summed E-state index contributed by atoms with van der Waals surface area (Å²) in [5, 5.41) is 10.9. The zero-order valence-electron chi connectivity index (χ0n) is 8.67. The van der Waals surface area contributed by atoms with Crippen LogP contribution in [0.5, 0.6) is 0 Å². The Morgan fingerprint density at radius 2 is 1.71 bits per heavy atom. The van der Waals surface area contributed by atoms with Gasteiger partial charge in [0.25, 0.3) is 0 Å².